The van der Waals surface area contributed by atoms with E-state index in [9.17, 15) is 9.18 Å². The lowest BCUT2D eigenvalue weighted by Gasteiger charge is -2.04. The van der Waals surface area contributed by atoms with E-state index in [0.717, 1.165) is 10.3 Å². The number of nitrogens with zero attached hydrogens (tertiary/aromatic N) is 2. The molecule has 0 atom stereocenters. The predicted octanol–water partition coefficient (Wildman–Crippen LogP) is 4.28. The lowest BCUT2D eigenvalue weighted by atomic mass is 10.2. The number of methoxy groups -OCH3 is 1. The quantitative estimate of drug-likeness (QED) is 0.610. The molecular weight excluding hydrogens is 375 g/mol. The summed E-state index contributed by atoms with van der Waals surface area (Å²) in [5, 5.41) is 0.552. The number of benzene rings is 2. The lowest BCUT2D eigenvalue weighted by molar-refractivity contribution is -0.113. The molecule has 0 aliphatic heterocycles. The molecule has 1 heterocycles. The van der Waals surface area contributed by atoms with Crippen LogP contribution in [0, 0.1) is 5.82 Å². The average Bonchev–Trinajstić information content (AvgIpc) is 2.97. The second-order valence-corrected chi connectivity index (χ2v) is 6.84. The highest BCUT2D eigenvalue weighted by molar-refractivity contribution is 7.16. The summed E-state index contributed by atoms with van der Waals surface area (Å²) in [4.78, 5) is 16.8. The molecule has 1 amide bonds. The Labute approximate surface area is 158 Å². The first-order chi connectivity index (χ1) is 12.6. The summed E-state index contributed by atoms with van der Waals surface area (Å²) in [6, 6.07) is 12.0. The van der Waals surface area contributed by atoms with Crippen LogP contribution in [0.3, 0.4) is 0 Å². The number of hydrogen-bond acceptors (Lipinski definition) is 3. The minimum Gasteiger partial charge on any atom is -0.383 e. The van der Waals surface area contributed by atoms with Crippen molar-refractivity contribution in [3.63, 3.8) is 0 Å². The van der Waals surface area contributed by atoms with Crippen molar-refractivity contribution in [2.24, 2.45) is 4.99 Å². The fourth-order valence-corrected chi connectivity index (χ4v) is 3.74. The van der Waals surface area contributed by atoms with Crippen LogP contribution in [-0.2, 0) is 16.1 Å². The fourth-order valence-electron chi connectivity index (χ4n) is 2.47. The van der Waals surface area contributed by atoms with Crippen molar-refractivity contribution in [3.8, 4) is 0 Å². The van der Waals surface area contributed by atoms with Crippen LogP contribution in [0.1, 0.15) is 5.56 Å². The van der Waals surface area contributed by atoms with Gasteiger partial charge >= 0.3 is 0 Å². The van der Waals surface area contributed by atoms with Crippen LogP contribution in [0.25, 0.3) is 16.3 Å². The highest BCUT2D eigenvalue weighted by atomic mass is 35.5. The average molecular weight is 391 g/mol. The summed E-state index contributed by atoms with van der Waals surface area (Å²) in [5.74, 6) is -0.793. The number of para-hydroxylation sites is 1. The summed E-state index contributed by atoms with van der Waals surface area (Å²) in [6.07, 6.45) is 2.96. The first-order valence-electron chi connectivity index (χ1n) is 7.88. The number of carbonyl (C=O) groups excluding carboxylic acids is 1. The summed E-state index contributed by atoms with van der Waals surface area (Å²) >= 11 is 7.33. The highest BCUT2D eigenvalue weighted by Crippen LogP contribution is 2.20. The number of rotatable bonds is 5. The van der Waals surface area contributed by atoms with Gasteiger partial charge in [0.25, 0.3) is 5.91 Å². The van der Waals surface area contributed by atoms with Crippen molar-refractivity contribution >= 4 is 45.1 Å². The fraction of sp³-hybridized carbons (Fsp3) is 0.158. The van der Waals surface area contributed by atoms with Crippen LogP contribution >= 0.6 is 22.9 Å². The topological polar surface area (TPSA) is 43.6 Å². The van der Waals surface area contributed by atoms with E-state index in [-0.39, 0.29) is 5.82 Å². The van der Waals surface area contributed by atoms with E-state index in [2.05, 4.69) is 4.99 Å². The van der Waals surface area contributed by atoms with Crippen molar-refractivity contribution in [2.75, 3.05) is 13.7 Å². The molecule has 26 heavy (non-hydrogen) atoms. The zero-order valence-corrected chi connectivity index (χ0v) is 15.6. The number of carbonyl (C=O) groups is 1. The second-order valence-electron chi connectivity index (χ2n) is 5.42. The van der Waals surface area contributed by atoms with Crippen molar-refractivity contribution in [1.29, 1.82) is 0 Å². The van der Waals surface area contributed by atoms with Crippen molar-refractivity contribution < 1.29 is 13.9 Å². The molecule has 0 spiro atoms. The number of ether oxygens (including phenoxy) is 1. The van der Waals surface area contributed by atoms with Gasteiger partial charge in [-0.15, -0.1) is 0 Å². The van der Waals surface area contributed by atoms with E-state index in [1.165, 1.54) is 23.5 Å². The molecule has 0 fully saturated rings. The summed E-state index contributed by atoms with van der Waals surface area (Å²) in [6.45, 7) is 0.786. The minimum absolute atomic E-state index is 0.352. The molecule has 0 saturated carbocycles. The number of thiazole rings is 1. The molecule has 3 rings (SSSR count). The van der Waals surface area contributed by atoms with Gasteiger partial charge in [0, 0.05) is 24.8 Å². The molecule has 0 bridgehead atoms. The van der Waals surface area contributed by atoms with Crippen molar-refractivity contribution in [2.45, 2.75) is 6.54 Å². The third kappa shape index (κ3) is 4.09. The molecular formula is C19H16ClFN2O2S. The lowest BCUT2D eigenvalue weighted by Crippen LogP contribution is -2.19. The van der Waals surface area contributed by atoms with Crippen molar-refractivity contribution in [3.05, 3.63) is 69.7 Å². The summed E-state index contributed by atoms with van der Waals surface area (Å²) in [5.41, 5.74) is 1.16. The monoisotopic (exact) mass is 390 g/mol. The third-order valence-electron chi connectivity index (χ3n) is 3.69. The van der Waals surface area contributed by atoms with Gasteiger partial charge in [-0.05, 0) is 29.8 Å². The van der Waals surface area contributed by atoms with Crippen LogP contribution in [0.5, 0.6) is 0 Å². The maximum atomic E-state index is 14.2. The van der Waals surface area contributed by atoms with Gasteiger partial charge in [-0.3, -0.25) is 4.79 Å². The molecule has 134 valence electrons. The van der Waals surface area contributed by atoms with Crippen LogP contribution in [0.15, 0.2) is 53.5 Å². The Morgan fingerprint density at radius 3 is 2.88 bits per heavy atom. The van der Waals surface area contributed by atoms with E-state index < -0.39 is 5.91 Å². The molecule has 0 unspecified atom stereocenters. The van der Waals surface area contributed by atoms with Crippen molar-refractivity contribution in [1.82, 2.24) is 4.57 Å². The largest absolute Gasteiger partial charge is 0.383 e. The SMILES string of the molecule is COCCn1c(=NC(=O)/C=C/c2ccccc2Cl)sc2cccc(F)c21. The Hall–Kier alpha value is -2.28. The third-order valence-corrected chi connectivity index (χ3v) is 5.08. The van der Waals surface area contributed by atoms with Crippen LogP contribution in [0.4, 0.5) is 4.39 Å². The highest BCUT2D eigenvalue weighted by Gasteiger charge is 2.11. The number of fused-ring (bicyclic) bond motifs is 1. The Morgan fingerprint density at radius 1 is 1.31 bits per heavy atom. The Kier molecular flexibility index (Phi) is 5.98. The Morgan fingerprint density at radius 2 is 2.12 bits per heavy atom. The number of aromatic nitrogens is 1. The van der Waals surface area contributed by atoms with Gasteiger partial charge in [-0.25, -0.2) is 4.39 Å². The van der Waals surface area contributed by atoms with Gasteiger partial charge in [-0.2, -0.15) is 4.99 Å². The second kappa shape index (κ2) is 8.40. The van der Waals surface area contributed by atoms with E-state index in [1.54, 1.807) is 42.0 Å². The van der Waals surface area contributed by atoms with E-state index >= 15 is 0 Å². The maximum absolute atomic E-state index is 14.2. The normalized spacial score (nSPS) is 12.3. The first-order valence-corrected chi connectivity index (χ1v) is 9.07. The number of amides is 1. The van der Waals surface area contributed by atoms with Crippen LogP contribution < -0.4 is 4.80 Å². The first kappa shape index (κ1) is 18.5. The zero-order chi connectivity index (χ0) is 18.5. The molecule has 1 aromatic heterocycles. The Balaban J connectivity index is 1.99. The molecule has 0 radical (unpaired) electrons. The zero-order valence-electron chi connectivity index (χ0n) is 14.0. The summed E-state index contributed by atoms with van der Waals surface area (Å²) < 4.78 is 21.7. The molecule has 2 aromatic carbocycles. The van der Waals surface area contributed by atoms with E-state index in [4.69, 9.17) is 16.3 Å². The van der Waals surface area contributed by atoms with Gasteiger partial charge in [0.05, 0.1) is 16.8 Å². The van der Waals surface area contributed by atoms with E-state index in [1.807, 2.05) is 12.1 Å². The molecule has 0 saturated heterocycles. The van der Waals surface area contributed by atoms with Crippen LogP contribution in [0.2, 0.25) is 5.02 Å². The van der Waals surface area contributed by atoms with E-state index in [0.29, 0.717) is 28.5 Å². The molecule has 7 heteroatoms. The molecule has 4 nitrogen and oxygen atoms in total. The Bertz CT molecular complexity index is 1040. The molecule has 0 aliphatic carbocycles. The standard InChI is InChI=1S/C19H16ClFN2O2S/c1-25-12-11-23-18-15(21)7-4-8-16(18)26-19(23)22-17(24)10-9-13-5-2-3-6-14(13)20/h2-10H,11-12H2,1H3/b10-9+,22-19?. The molecule has 0 aliphatic rings. The van der Waals surface area contributed by atoms with Crippen LogP contribution in [-0.4, -0.2) is 24.2 Å². The minimum atomic E-state index is -0.442. The maximum Gasteiger partial charge on any atom is 0.272 e. The van der Waals surface area contributed by atoms with Gasteiger partial charge < -0.3 is 9.30 Å². The van der Waals surface area contributed by atoms with Gasteiger partial charge in [-0.1, -0.05) is 47.2 Å². The van der Waals surface area contributed by atoms with Gasteiger partial charge in [0.2, 0.25) is 0 Å². The predicted molar refractivity (Wildman–Crippen MR) is 103 cm³/mol. The molecule has 3 aromatic rings. The van der Waals surface area contributed by atoms with Gasteiger partial charge in [0.15, 0.2) is 4.80 Å². The smallest absolute Gasteiger partial charge is 0.272 e. The molecule has 0 N–H and O–H groups in total. The number of hydrogen-bond donors (Lipinski definition) is 0. The van der Waals surface area contributed by atoms with Gasteiger partial charge in [0.1, 0.15) is 5.82 Å². The number of halogens is 2. The summed E-state index contributed by atoms with van der Waals surface area (Å²) in [7, 11) is 1.57.